The number of carbonyl (C=O) groups excluding carboxylic acids is 2. The molecule has 0 aliphatic heterocycles. The summed E-state index contributed by atoms with van der Waals surface area (Å²) in [5.41, 5.74) is 3.37. The number of hydrogen-bond acceptors (Lipinski definition) is 5. The summed E-state index contributed by atoms with van der Waals surface area (Å²) in [6, 6.07) is 14.8. The molecule has 3 aromatic rings. The zero-order chi connectivity index (χ0) is 22.2. The average Bonchev–Trinajstić information content (AvgIpc) is 2.76. The summed E-state index contributed by atoms with van der Waals surface area (Å²) in [6.45, 7) is 2.10. The molecule has 158 valence electrons. The van der Waals surface area contributed by atoms with Crippen LogP contribution in [0.4, 0.5) is 8.78 Å². The third-order valence-electron chi connectivity index (χ3n) is 4.04. The van der Waals surface area contributed by atoms with Crippen LogP contribution >= 0.6 is 0 Å². The van der Waals surface area contributed by atoms with Crippen molar-refractivity contribution in [3.8, 4) is 11.5 Å². The first kappa shape index (κ1) is 21.6. The SMILES string of the molecule is CCOc1cc(/C=N/NC(=O)c2ccc(F)cc2)ccc1OC(=O)c1ccc(F)cc1. The molecule has 0 saturated carbocycles. The van der Waals surface area contributed by atoms with E-state index in [2.05, 4.69) is 10.5 Å². The molecule has 0 atom stereocenters. The zero-order valence-electron chi connectivity index (χ0n) is 16.5. The highest BCUT2D eigenvalue weighted by atomic mass is 19.1. The summed E-state index contributed by atoms with van der Waals surface area (Å²) < 4.78 is 36.8. The summed E-state index contributed by atoms with van der Waals surface area (Å²) in [4.78, 5) is 24.3. The van der Waals surface area contributed by atoms with Crippen LogP contribution in [0.3, 0.4) is 0 Å². The van der Waals surface area contributed by atoms with E-state index in [0.29, 0.717) is 17.9 Å². The van der Waals surface area contributed by atoms with Crippen molar-refractivity contribution in [3.05, 3.63) is 95.1 Å². The predicted octanol–water partition coefficient (Wildman–Crippen LogP) is 4.35. The van der Waals surface area contributed by atoms with Gasteiger partial charge in [-0.3, -0.25) is 4.79 Å². The van der Waals surface area contributed by atoms with Crippen molar-refractivity contribution in [1.82, 2.24) is 5.43 Å². The van der Waals surface area contributed by atoms with Gasteiger partial charge in [0.2, 0.25) is 0 Å². The molecule has 0 aliphatic rings. The van der Waals surface area contributed by atoms with Crippen LogP contribution in [-0.2, 0) is 0 Å². The second-order valence-corrected chi connectivity index (χ2v) is 6.24. The predicted molar refractivity (Wildman–Crippen MR) is 110 cm³/mol. The normalized spacial score (nSPS) is 10.7. The Morgan fingerprint density at radius 3 is 2.13 bits per heavy atom. The lowest BCUT2D eigenvalue weighted by atomic mass is 10.2. The van der Waals surface area contributed by atoms with Gasteiger partial charge < -0.3 is 9.47 Å². The molecule has 0 spiro atoms. The fourth-order valence-electron chi connectivity index (χ4n) is 2.53. The molecule has 3 rings (SSSR count). The maximum Gasteiger partial charge on any atom is 0.343 e. The molecule has 0 saturated heterocycles. The van der Waals surface area contributed by atoms with Crippen molar-refractivity contribution in [2.75, 3.05) is 6.61 Å². The number of nitrogens with one attached hydrogen (secondary N) is 1. The average molecular weight is 424 g/mol. The quantitative estimate of drug-likeness (QED) is 0.265. The Bertz CT molecular complexity index is 1100. The molecule has 0 unspecified atom stereocenters. The number of rotatable bonds is 7. The lowest BCUT2D eigenvalue weighted by Crippen LogP contribution is -2.17. The van der Waals surface area contributed by atoms with Gasteiger partial charge in [0.15, 0.2) is 11.5 Å². The monoisotopic (exact) mass is 424 g/mol. The van der Waals surface area contributed by atoms with Crippen molar-refractivity contribution >= 4 is 18.1 Å². The lowest BCUT2D eigenvalue weighted by Gasteiger charge is -2.11. The molecule has 0 fully saturated rings. The number of benzene rings is 3. The number of carbonyl (C=O) groups is 2. The minimum atomic E-state index is -0.658. The summed E-state index contributed by atoms with van der Waals surface area (Å²) in [7, 11) is 0. The van der Waals surface area contributed by atoms with Crippen molar-refractivity contribution in [3.63, 3.8) is 0 Å². The molecule has 8 heteroatoms. The van der Waals surface area contributed by atoms with Gasteiger partial charge in [-0.1, -0.05) is 0 Å². The number of ether oxygens (including phenoxy) is 2. The van der Waals surface area contributed by atoms with E-state index in [1.165, 1.54) is 60.8 Å². The van der Waals surface area contributed by atoms with Gasteiger partial charge in [0, 0.05) is 5.56 Å². The highest BCUT2D eigenvalue weighted by Gasteiger charge is 2.13. The first-order valence-electron chi connectivity index (χ1n) is 9.30. The molecule has 1 amide bonds. The van der Waals surface area contributed by atoms with Gasteiger partial charge in [-0.05, 0) is 79.2 Å². The maximum absolute atomic E-state index is 13.0. The minimum Gasteiger partial charge on any atom is -0.490 e. The van der Waals surface area contributed by atoms with E-state index in [1.54, 1.807) is 19.1 Å². The van der Waals surface area contributed by atoms with Crippen LogP contribution in [0.5, 0.6) is 11.5 Å². The second kappa shape index (κ2) is 10.1. The minimum absolute atomic E-state index is 0.184. The second-order valence-electron chi connectivity index (χ2n) is 6.24. The largest absolute Gasteiger partial charge is 0.490 e. The van der Waals surface area contributed by atoms with Crippen LogP contribution < -0.4 is 14.9 Å². The fourth-order valence-corrected chi connectivity index (χ4v) is 2.53. The Kier molecular flexibility index (Phi) is 7.05. The summed E-state index contributed by atoms with van der Waals surface area (Å²) in [5, 5.41) is 3.87. The van der Waals surface area contributed by atoms with Gasteiger partial charge in [-0.2, -0.15) is 5.10 Å². The number of halogens is 2. The van der Waals surface area contributed by atoms with Gasteiger partial charge in [0.05, 0.1) is 18.4 Å². The van der Waals surface area contributed by atoms with Crippen LogP contribution in [0.1, 0.15) is 33.2 Å². The Labute approximate surface area is 177 Å². The van der Waals surface area contributed by atoms with E-state index < -0.39 is 23.5 Å². The Morgan fingerprint density at radius 2 is 1.52 bits per heavy atom. The van der Waals surface area contributed by atoms with E-state index in [0.717, 1.165) is 0 Å². The van der Waals surface area contributed by atoms with Gasteiger partial charge in [0.25, 0.3) is 5.91 Å². The van der Waals surface area contributed by atoms with Crippen LogP contribution in [0, 0.1) is 11.6 Å². The van der Waals surface area contributed by atoms with Gasteiger partial charge in [-0.25, -0.2) is 19.0 Å². The topological polar surface area (TPSA) is 77.0 Å². The van der Waals surface area contributed by atoms with Crippen molar-refractivity contribution in [2.45, 2.75) is 6.92 Å². The maximum atomic E-state index is 13.0. The summed E-state index contributed by atoms with van der Waals surface area (Å²) in [6.07, 6.45) is 1.38. The van der Waals surface area contributed by atoms with Gasteiger partial charge in [-0.15, -0.1) is 0 Å². The van der Waals surface area contributed by atoms with Gasteiger partial charge in [0.1, 0.15) is 11.6 Å². The fraction of sp³-hybridized carbons (Fsp3) is 0.0870. The molecule has 31 heavy (non-hydrogen) atoms. The third-order valence-corrected chi connectivity index (χ3v) is 4.04. The molecular weight excluding hydrogens is 406 g/mol. The van der Waals surface area contributed by atoms with Crippen LogP contribution in [0.25, 0.3) is 0 Å². The molecular formula is C23H18F2N2O4. The van der Waals surface area contributed by atoms with Gasteiger partial charge >= 0.3 is 5.97 Å². The summed E-state index contributed by atoms with van der Waals surface area (Å²) >= 11 is 0. The molecule has 0 aliphatic carbocycles. The Balaban J connectivity index is 1.69. The molecule has 0 heterocycles. The van der Waals surface area contributed by atoms with Crippen LogP contribution in [-0.4, -0.2) is 24.7 Å². The van der Waals surface area contributed by atoms with E-state index in [1.807, 2.05) is 0 Å². The van der Waals surface area contributed by atoms with E-state index >= 15 is 0 Å². The number of nitrogens with zero attached hydrogens (tertiary/aromatic N) is 1. The highest BCUT2D eigenvalue weighted by molar-refractivity contribution is 5.95. The summed E-state index contributed by atoms with van der Waals surface area (Å²) in [5.74, 6) is -1.57. The molecule has 0 aromatic heterocycles. The molecule has 0 bridgehead atoms. The molecule has 6 nitrogen and oxygen atoms in total. The Morgan fingerprint density at radius 1 is 0.903 bits per heavy atom. The van der Waals surface area contributed by atoms with E-state index in [-0.39, 0.29) is 16.9 Å². The molecule has 0 radical (unpaired) electrons. The van der Waals surface area contributed by atoms with Crippen molar-refractivity contribution in [1.29, 1.82) is 0 Å². The van der Waals surface area contributed by atoms with E-state index in [9.17, 15) is 18.4 Å². The van der Waals surface area contributed by atoms with Crippen molar-refractivity contribution in [2.24, 2.45) is 5.10 Å². The lowest BCUT2D eigenvalue weighted by molar-refractivity contribution is 0.0728. The van der Waals surface area contributed by atoms with Crippen LogP contribution in [0.15, 0.2) is 71.8 Å². The molecule has 3 aromatic carbocycles. The third kappa shape index (κ3) is 5.96. The standard InChI is InChI=1S/C23H18F2N2O4/c1-2-30-21-13-15(14-26-27-22(28)16-4-8-18(24)9-5-16)3-12-20(21)31-23(29)17-6-10-19(25)11-7-17/h3-14H,2H2,1H3,(H,27,28)/b26-14+. The number of esters is 1. The number of hydrazone groups is 1. The van der Waals surface area contributed by atoms with Crippen molar-refractivity contribution < 1.29 is 27.8 Å². The molecule has 1 N–H and O–H groups in total. The highest BCUT2D eigenvalue weighted by Crippen LogP contribution is 2.29. The number of hydrogen-bond donors (Lipinski definition) is 1. The number of amides is 1. The van der Waals surface area contributed by atoms with Crippen LogP contribution in [0.2, 0.25) is 0 Å². The van der Waals surface area contributed by atoms with E-state index in [4.69, 9.17) is 9.47 Å². The first-order valence-corrected chi connectivity index (χ1v) is 9.30. The zero-order valence-corrected chi connectivity index (χ0v) is 16.5. The Hall–Kier alpha value is -4.07. The smallest absolute Gasteiger partial charge is 0.343 e. The first-order chi connectivity index (χ1) is 15.0.